The number of carbonyl (C=O) groups excluding carboxylic acids is 2. The van der Waals surface area contributed by atoms with Gasteiger partial charge in [-0.2, -0.15) is 0 Å². The van der Waals surface area contributed by atoms with Gasteiger partial charge in [-0.3, -0.25) is 14.0 Å². The molecular formula is C23H20N4O2S. The van der Waals surface area contributed by atoms with Gasteiger partial charge in [0.1, 0.15) is 0 Å². The molecule has 0 spiro atoms. The average Bonchev–Trinajstić information content (AvgIpc) is 3.35. The summed E-state index contributed by atoms with van der Waals surface area (Å²) in [4.78, 5) is 30.2. The van der Waals surface area contributed by atoms with Crippen molar-refractivity contribution in [3.05, 3.63) is 71.9 Å². The molecule has 2 aromatic carbocycles. The van der Waals surface area contributed by atoms with Gasteiger partial charge in [-0.15, -0.1) is 11.3 Å². The lowest BCUT2D eigenvalue weighted by molar-refractivity contribution is -0.121. The van der Waals surface area contributed by atoms with E-state index in [1.807, 2.05) is 70.7 Å². The molecule has 30 heavy (non-hydrogen) atoms. The zero-order valence-corrected chi connectivity index (χ0v) is 17.0. The summed E-state index contributed by atoms with van der Waals surface area (Å²) in [5.74, 6) is -0.273. The van der Waals surface area contributed by atoms with Crippen molar-refractivity contribution in [2.75, 3.05) is 10.6 Å². The van der Waals surface area contributed by atoms with Gasteiger partial charge in [-0.1, -0.05) is 30.3 Å². The second-order valence-corrected chi connectivity index (χ2v) is 8.30. The van der Waals surface area contributed by atoms with E-state index in [0.29, 0.717) is 19.3 Å². The van der Waals surface area contributed by atoms with Crippen molar-refractivity contribution < 1.29 is 9.59 Å². The maximum Gasteiger partial charge on any atom is 0.227 e. The Hall–Kier alpha value is -3.45. The van der Waals surface area contributed by atoms with E-state index in [-0.39, 0.29) is 17.7 Å². The Morgan fingerprint density at radius 1 is 1.20 bits per heavy atom. The lowest BCUT2D eigenvalue weighted by Crippen LogP contribution is -2.30. The van der Waals surface area contributed by atoms with Crippen LogP contribution in [0, 0.1) is 5.92 Å². The molecule has 1 unspecified atom stereocenters. The number of nitrogens with one attached hydrogen (secondary N) is 2. The van der Waals surface area contributed by atoms with E-state index in [1.54, 1.807) is 11.3 Å². The second-order valence-electron chi connectivity index (χ2n) is 7.43. The summed E-state index contributed by atoms with van der Waals surface area (Å²) < 4.78 is 2.00. The molecule has 2 N–H and O–H groups in total. The van der Waals surface area contributed by atoms with Crippen molar-refractivity contribution in [2.45, 2.75) is 19.3 Å². The number of nitrogens with zero attached hydrogens (tertiary/aromatic N) is 2. The van der Waals surface area contributed by atoms with Gasteiger partial charge in [0.15, 0.2) is 4.96 Å². The molecule has 3 heterocycles. The molecule has 0 bridgehead atoms. The molecule has 1 aliphatic rings. The van der Waals surface area contributed by atoms with Gasteiger partial charge in [0, 0.05) is 47.1 Å². The highest BCUT2D eigenvalue weighted by atomic mass is 32.1. The predicted octanol–water partition coefficient (Wildman–Crippen LogP) is 4.59. The third kappa shape index (κ3) is 3.71. The highest BCUT2D eigenvalue weighted by molar-refractivity contribution is 7.15. The number of aromatic nitrogens is 2. The van der Waals surface area contributed by atoms with Gasteiger partial charge in [-0.05, 0) is 36.6 Å². The monoisotopic (exact) mass is 416 g/mol. The fourth-order valence-corrected chi connectivity index (χ4v) is 4.47. The van der Waals surface area contributed by atoms with Crippen LogP contribution in [0.1, 0.15) is 18.4 Å². The molecule has 1 atom stereocenters. The van der Waals surface area contributed by atoms with Gasteiger partial charge in [0.2, 0.25) is 11.8 Å². The van der Waals surface area contributed by atoms with Crippen molar-refractivity contribution in [2.24, 2.45) is 5.92 Å². The minimum absolute atomic E-state index is 0.00849. The van der Waals surface area contributed by atoms with Crippen LogP contribution >= 0.6 is 11.3 Å². The topological polar surface area (TPSA) is 75.5 Å². The summed E-state index contributed by atoms with van der Waals surface area (Å²) >= 11 is 1.59. The molecule has 2 amide bonds. The van der Waals surface area contributed by atoms with Gasteiger partial charge >= 0.3 is 0 Å². The number of carbonyl (C=O) groups is 2. The fourth-order valence-electron chi connectivity index (χ4n) is 3.77. The van der Waals surface area contributed by atoms with Crippen LogP contribution in [0.3, 0.4) is 0 Å². The first-order valence-corrected chi connectivity index (χ1v) is 10.7. The van der Waals surface area contributed by atoms with E-state index in [0.717, 1.165) is 33.2 Å². The number of hydrogen-bond donors (Lipinski definition) is 2. The Morgan fingerprint density at radius 2 is 2.03 bits per heavy atom. The standard InChI is InChI=1S/C23H20N4O2S/c28-21(10-7-17-13-16-3-1-2-4-19(16)25-22(17)29)24-18-8-5-15(6-9-18)20-14-27-11-12-30-23(27)26-20/h1-6,8-9,11-12,14,17H,7,10,13H2,(H,24,28)(H,25,29). The molecule has 2 aromatic heterocycles. The first-order chi connectivity index (χ1) is 14.7. The fraction of sp³-hybridized carbons (Fsp3) is 0.174. The molecule has 7 heteroatoms. The van der Waals surface area contributed by atoms with Crippen LogP contribution in [0.25, 0.3) is 16.2 Å². The number of anilines is 2. The second kappa shape index (κ2) is 7.76. The molecular weight excluding hydrogens is 396 g/mol. The van der Waals surface area contributed by atoms with E-state index in [1.165, 1.54) is 0 Å². The van der Waals surface area contributed by atoms with Gasteiger partial charge < -0.3 is 10.6 Å². The Balaban J connectivity index is 1.18. The predicted molar refractivity (Wildman–Crippen MR) is 119 cm³/mol. The quantitative estimate of drug-likeness (QED) is 0.500. The zero-order valence-electron chi connectivity index (χ0n) is 16.2. The van der Waals surface area contributed by atoms with E-state index < -0.39 is 0 Å². The van der Waals surface area contributed by atoms with Crippen LogP contribution in [0.5, 0.6) is 0 Å². The van der Waals surface area contributed by atoms with Crippen LogP contribution in [0.4, 0.5) is 11.4 Å². The van der Waals surface area contributed by atoms with Gasteiger partial charge in [0.05, 0.1) is 5.69 Å². The minimum Gasteiger partial charge on any atom is -0.326 e. The molecule has 0 saturated heterocycles. The summed E-state index contributed by atoms with van der Waals surface area (Å²) in [5, 5.41) is 7.86. The van der Waals surface area contributed by atoms with E-state index in [4.69, 9.17) is 0 Å². The van der Waals surface area contributed by atoms with E-state index in [9.17, 15) is 9.59 Å². The molecule has 0 saturated carbocycles. The molecule has 5 rings (SSSR count). The summed E-state index contributed by atoms with van der Waals surface area (Å²) in [6, 6.07) is 15.5. The Bertz CT molecular complexity index is 1200. The largest absolute Gasteiger partial charge is 0.326 e. The maximum absolute atomic E-state index is 12.4. The Labute approximate surface area is 177 Å². The number of rotatable bonds is 5. The molecule has 6 nitrogen and oxygen atoms in total. The summed E-state index contributed by atoms with van der Waals surface area (Å²) in [6.45, 7) is 0. The van der Waals surface area contributed by atoms with Crippen molar-refractivity contribution in [3.63, 3.8) is 0 Å². The number of amides is 2. The number of thiazole rings is 1. The molecule has 0 aliphatic carbocycles. The van der Waals surface area contributed by atoms with Crippen LogP contribution in [0.2, 0.25) is 0 Å². The van der Waals surface area contributed by atoms with Crippen LogP contribution in [-0.4, -0.2) is 21.2 Å². The summed E-state index contributed by atoms with van der Waals surface area (Å²) in [7, 11) is 0. The van der Waals surface area contributed by atoms with Gasteiger partial charge in [0.25, 0.3) is 0 Å². The third-order valence-corrected chi connectivity index (χ3v) is 6.16. The number of fused-ring (bicyclic) bond motifs is 2. The van der Waals surface area contributed by atoms with E-state index in [2.05, 4.69) is 15.6 Å². The molecule has 0 radical (unpaired) electrons. The SMILES string of the molecule is O=C(CCC1Cc2ccccc2NC1=O)Nc1ccc(-c2cn3ccsc3n2)cc1. The van der Waals surface area contributed by atoms with Crippen molar-refractivity contribution in [3.8, 4) is 11.3 Å². The van der Waals surface area contributed by atoms with Crippen LogP contribution in [-0.2, 0) is 16.0 Å². The van der Waals surface area contributed by atoms with Crippen molar-refractivity contribution in [1.82, 2.24) is 9.38 Å². The number of para-hydroxylation sites is 1. The Morgan fingerprint density at radius 3 is 2.87 bits per heavy atom. The van der Waals surface area contributed by atoms with Crippen LogP contribution < -0.4 is 10.6 Å². The van der Waals surface area contributed by atoms with Crippen LogP contribution in [0.15, 0.2) is 66.3 Å². The summed E-state index contributed by atoms with van der Waals surface area (Å²) in [6.07, 6.45) is 5.48. The van der Waals surface area contributed by atoms with Gasteiger partial charge in [-0.25, -0.2) is 4.98 Å². The smallest absolute Gasteiger partial charge is 0.227 e. The zero-order chi connectivity index (χ0) is 20.5. The first kappa shape index (κ1) is 18.6. The number of imidazole rings is 1. The lowest BCUT2D eigenvalue weighted by Gasteiger charge is -2.24. The average molecular weight is 417 g/mol. The summed E-state index contributed by atoms with van der Waals surface area (Å²) in [5.41, 5.74) is 4.64. The highest BCUT2D eigenvalue weighted by Crippen LogP contribution is 2.28. The van der Waals surface area contributed by atoms with Crippen molar-refractivity contribution >= 4 is 39.5 Å². The number of hydrogen-bond acceptors (Lipinski definition) is 4. The van der Waals surface area contributed by atoms with Crippen molar-refractivity contribution in [1.29, 1.82) is 0 Å². The minimum atomic E-state index is -0.178. The normalized spacial score (nSPS) is 15.6. The number of benzene rings is 2. The molecule has 4 aromatic rings. The molecule has 150 valence electrons. The highest BCUT2D eigenvalue weighted by Gasteiger charge is 2.26. The third-order valence-electron chi connectivity index (χ3n) is 5.39. The molecule has 1 aliphatic heterocycles. The lowest BCUT2D eigenvalue weighted by atomic mass is 9.89. The maximum atomic E-state index is 12.4. The first-order valence-electron chi connectivity index (χ1n) is 9.87. The Kier molecular flexibility index (Phi) is 4.80. The molecule has 0 fully saturated rings. The van der Waals surface area contributed by atoms with E-state index >= 15 is 0 Å².